The Morgan fingerprint density at radius 2 is 2.11 bits per heavy atom. The topological polar surface area (TPSA) is 70.4 Å². The quantitative estimate of drug-likeness (QED) is 0.645. The molecule has 1 aliphatic rings. The Bertz CT molecular complexity index is 1110. The molecule has 1 aromatic heterocycles. The van der Waals surface area contributed by atoms with Crippen molar-refractivity contribution < 1.29 is 14.3 Å². The minimum atomic E-state index is -0.499. The van der Waals surface area contributed by atoms with Crippen molar-refractivity contribution in [3.8, 4) is 5.75 Å². The van der Waals surface area contributed by atoms with Gasteiger partial charge >= 0.3 is 5.97 Å². The zero-order valence-electron chi connectivity index (χ0n) is 14.7. The monoisotopic (exact) mass is 384 g/mol. The Hall–Kier alpha value is -2.86. The molecule has 2 aromatic carbocycles. The number of carbonyl (C=O) groups is 1. The summed E-state index contributed by atoms with van der Waals surface area (Å²) in [5.41, 5.74) is 1.48. The SMILES string of the molecule is COc1ccc(Cl)cc1COC(=O)c1ccc2c(=O)n3c(nc2c1)CCC3. The molecule has 0 saturated heterocycles. The predicted molar refractivity (Wildman–Crippen MR) is 101 cm³/mol. The van der Waals surface area contributed by atoms with Gasteiger partial charge in [0.25, 0.3) is 5.56 Å². The summed E-state index contributed by atoms with van der Waals surface area (Å²) in [4.78, 5) is 29.5. The summed E-state index contributed by atoms with van der Waals surface area (Å²) in [6.07, 6.45) is 1.68. The average molecular weight is 385 g/mol. The molecular formula is C20H17ClN2O4. The summed E-state index contributed by atoms with van der Waals surface area (Å²) in [5, 5.41) is 1.04. The Kier molecular flexibility index (Phi) is 4.58. The van der Waals surface area contributed by atoms with Gasteiger partial charge in [-0.25, -0.2) is 9.78 Å². The Morgan fingerprint density at radius 3 is 2.93 bits per heavy atom. The van der Waals surface area contributed by atoms with Crippen molar-refractivity contribution in [1.29, 1.82) is 0 Å². The van der Waals surface area contributed by atoms with Crippen LogP contribution >= 0.6 is 11.6 Å². The van der Waals surface area contributed by atoms with E-state index in [1.54, 1.807) is 48.1 Å². The van der Waals surface area contributed by atoms with Crippen molar-refractivity contribution in [3.05, 3.63) is 68.7 Å². The fourth-order valence-electron chi connectivity index (χ4n) is 3.30. The van der Waals surface area contributed by atoms with E-state index in [2.05, 4.69) is 4.98 Å². The highest BCUT2D eigenvalue weighted by Gasteiger charge is 2.17. The third-order valence-electron chi connectivity index (χ3n) is 4.65. The molecule has 0 radical (unpaired) electrons. The van der Waals surface area contributed by atoms with Crippen LogP contribution in [0.3, 0.4) is 0 Å². The highest BCUT2D eigenvalue weighted by Crippen LogP contribution is 2.24. The normalized spacial score (nSPS) is 12.8. The molecule has 0 unspecified atom stereocenters. The Balaban J connectivity index is 1.59. The molecule has 0 bridgehead atoms. The number of nitrogens with zero attached hydrogens (tertiary/aromatic N) is 2. The van der Waals surface area contributed by atoms with Crippen LogP contribution in [0.5, 0.6) is 5.75 Å². The van der Waals surface area contributed by atoms with Gasteiger partial charge in [-0.3, -0.25) is 9.36 Å². The standard InChI is InChI=1S/C20H17ClN2O4/c1-26-17-7-5-14(21)9-13(17)11-27-20(25)12-4-6-15-16(10-12)22-18-3-2-8-23(18)19(15)24/h4-7,9-10H,2-3,8,11H2,1H3. The van der Waals surface area contributed by atoms with E-state index in [4.69, 9.17) is 21.1 Å². The Labute approximate surface area is 160 Å². The molecule has 7 heteroatoms. The number of hydrogen-bond acceptors (Lipinski definition) is 5. The molecule has 1 aliphatic heterocycles. The van der Waals surface area contributed by atoms with Gasteiger partial charge in [-0.2, -0.15) is 0 Å². The molecule has 0 N–H and O–H groups in total. The number of rotatable bonds is 4. The van der Waals surface area contributed by atoms with E-state index in [9.17, 15) is 9.59 Å². The summed E-state index contributed by atoms with van der Waals surface area (Å²) in [6, 6.07) is 9.95. The smallest absolute Gasteiger partial charge is 0.338 e. The number of carbonyl (C=O) groups excluding carboxylic acids is 1. The first-order chi connectivity index (χ1) is 13.1. The zero-order valence-corrected chi connectivity index (χ0v) is 15.5. The molecular weight excluding hydrogens is 368 g/mol. The Morgan fingerprint density at radius 1 is 1.26 bits per heavy atom. The summed E-state index contributed by atoms with van der Waals surface area (Å²) < 4.78 is 12.3. The first-order valence-corrected chi connectivity index (χ1v) is 8.97. The third kappa shape index (κ3) is 3.28. The molecule has 0 amide bonds. The van der Waals surface area contributed by atoms with E-state index in [1.807, 2.05) is 0 Å². The third-order valence-corrected chi connectivity index (χ3v) is 4.89. The number of fused-ring (bicyclic) bond motifs is 2. The van der Waals surface area contributed by atoms with Gasteiger partial charge in [0, 0.05) is 23.6 Å². The molecule has 0 spiro atoms. The van der Waals surface area contributed by atoms with Crippen molar-refractivity contribution in [2.75, 3.05) is 7.11 Å². The second-order valence-electron chi connectivity index (χ2n) is 6.35. The number of aryl methyl sites for hydroxylation is 1. The van der Waals surface area contributed by atoms with Crippen LogP contribution in [0.1, 0.15) is 28.2 Å². The van der Waals surface area contributed by atoms with E-state index < -0.39 is 5.97 Å². The van der Waals surface area contributed by atoms with E-state index in [-0.39, 0.29) is 12.2 Å². The van der Waals surface area contributed by atoms with Gasteiger partial charge in [0.1, 0.15) is 18.2 Å². The lowest BCUT2D eigenvalue weighted by Gasteiger charge is -2.10. The van der Waals surface area contributed by atoms with Crippen LogP contribution in [0.15, 0.2) is 41.2 Å². The number of methoxy groups -OCH3 is 1. The summed E-state index contributed by atoms with van der Waals surface area (Å²) >= 11 is 6.00. The van der Waals surface area contributed by atoms with Gasteiger partial charge in [-0.15, -0.1) is 0 Å². The lowest BCUT2D eigenvalue weighted by atomic mass is 10.1. The maximum absolute atomic E-state index is 12.5. The van der Waals surface area contributed by atoms with Crippen LogP contribution in [0.25, 0.3) is 10.9 Å². The molecule has 3 aromatic rings. The van der Waals surface area contributed by atoms with Crippen LogP contribution in [-0.4, -0.2) is 22.6 Å². The van der Waals surface area contributed by atoms with Gasteiger partial charge in [0.15, 0.2) is 0 Å². The van der Waals surface area contributed by atoms with Crippen LogP contribution in [0.4, 0.5) is 0 Å². The van der Waals surface area contributed by atoms with Crippen LogP contribution in [-0.2, 0) is 24.3 Å². The maximum atomic E-state index is 12.5. The fraction of sp³-hybridized carbons (Fsp3) is 0.250. The molecule has 2 heterocycles. The van der Waals surface area contributed by atoms with E-state index in [0.717, 1.165) is 18.7 Å². The average Bonchev–Trinajstić information content (AvgIpc) is 3.14. The van der Waals surface area contributed by atoms with Crippen molar-refractivity contribution in [3.63, 3.8) is 0 Å². The highest BCUT2D eigenvalue weighted by molar-refractivity contribution is 6.30. The molecule has 6 nitrogen and oxygen atoms in total. The number of ether oxygens (including phenoxy) is 2. The van der Waals surface area contributed by atoms with E-state index >= 15 is 0 Å². The summed E-state index contributed by atoms with van der Waals surface area (Å²) in [5.74, 6) is 0.860. The molecule has 0 aliphatic carbocycles. The van der Waals surface area contributed by atoms with E-state index in [0.29, 0.717) is 39.3 Å². The largest absolute Gasteiger partial charge is 0.496 e. The summed E-state index contributed by atoms with van der Waals surface area (Å²) in [6.45, 7) is 0.725. The van der Waals surface area contributed by atoms with Crippen molar-refractivity contribution in [2.45, 2.75) is 26.0 Å². The first kappa shape index (κ1) is 17.5. The van der Waals surface area contributed by atoms with Gasteiger partial charge < -0.3 is 9.47 Å². The van der Waals surface area contributed by atoms with E-state index in [1.165, 1.54) is 0 Å². The number of hydrogen-bond donors (Lipinski definition) is 0. The molecule has 138 valence electrons. The minimum Gasteiger partial charge on any atom is -0.496 e. The predicted octanol–water partition coefficient (Wildman–Crippen LogP) is 3.36. The highest BCUT2D eigenvalue weighted by atomic mass is 35.5. The van der Waals surface area contributed by atoms with Gasteiger partial charge in [0.05, 0.1) is 23.6 Å². The van der Waals surface area contributed by atoms with Gasteiger partial charge in [-0.05, 0) is 42.8 Å². The number of aromatic nitrogens is 2. The minimum absolute atomic E-state index is 0.0286. The lowest BCUT2D eigenvalue weighted by molar-refractivity contribution is 0.0470. The van der Waals surface area contributed by atoms with Crippen molar-refractivity contribution in [2.24, 2.45) is 0 Å². The molecule has 0 fully saturated rings. The fourth-order valence-corrected chi connectivity index (χ4v) is 3.49. The van der Waals surface area contributed by atoms with Crippen LogP contribution in [0.2, 0.25) is 5.02 Å². The molecule has 0 atom stereocenters. The van der Waals surface area contributed by atoms with Crippen molar-refractivity contribution >= 4 is 28.5 Å². The first-order valence-electron chi connectivity index (χ1n) is 8.60. The van der Waals surface area contributed by atoms with Crippen molar-refractivity contribution in [1.82, 2.24) is 9.55 Å². The molecule has 4 rings (SSSR count). The molecule has 0 saturated carbocycles. The van der Waals surface area contributed by atoms with Crippen LogP contribution in [0, 0.1) is 0 Å². The number of benzene rings is 2. The second-order valence-corrected chi connectivity index (χ2v) is 6.79. The maximum Gasteiger partial charge on any atom is 0.338 e. The van der Waals surface area contributed by atoms with Gasteiger partial charge in [0.2, 0.25) is 0 Å². The van der Waals surface area contributed by atoms with Crippen LogP contribution < -0.4 is 10.3 Å². The number of esters is 1. The zero-order chi connectivity index (χ0) is 19.0. The lowest BCUT2D eigenvalue weighted by Crippen LogP contribution is -2.21. The number of halogens is 1. The second kappa shape index (κ2) is 7.04. The summed E-state index contributed by atoms with van der Waals surface area (Å²) in [7, 11) is 1.54. The van der Waals surface area contributed by atoms with Gasteiger partial charge in [-0.1, -0.05) is 11.6 Å². The molecule has 27 heavy (non-hydrogen) atoms.